The Morgan fingerprint density at radius 1 is 1.04 bits per heavy atom. The summed E-state index contributed by atoms with van der Waals surface area (Å²) in [7, 11) is 0. The molecular formula is C17H11Cl2FN2O3. The van der Waals surface area contributed by atoms with Crippen LogP contribution in [-0.4, -0.2) is 11.9 Å². The van der Waals surface area contributed by atoms with Crippen LogP contribution in [0.1, 0.15) is 11.1 Å². The Morgan fingerprint density at radius 3 is 2.24 bits per heavy atom. The second kappa shape index (κ2) is 7.13. The van der Waals surface area contributed by atoms with Crippen molar-refractivity contribution < 1.29 is 18.7 Å². The Hall–Kier alpha value is -2.57. The quantitative estimate of drug-likeness (QED) is 0.624. The van der Waals surface area contributed by atoms with Gasteiger partial charge in [-0.2, -0.15) is 0 Å². The van der Waals surface area contributed by atoms with Crippen LogP contribution < -0.4 is 15.4 Å². The molecule has 0 unspecified atom stereocenters. The molecule has 0 radical (unpaired) electrons. The molecule has 1 fully saturated rings. The van der Waals surface area contributed by atoms with E-state index in [2.05, 4.69) is 10.6 Å². The summed E-state index contributed by atoms with van der Waals surface area (Å²) in [4.78, 5) is 22.6. The van der Waals surface area contributed by atoms with Gasteiger partial charge in [-0.15, -0.1) is 0 Å². The smallest absolute Gasteiger partial charge is 0.326 e. The minimum absolute atomic E-state index is 0.0945. The summed E-state index contributed by atoms with van der Waals surface area (Å²) in [6.07, 6.45) is 1.45. The van der Waals surface area contributed by atoms with Crippen molar-refractivity contribution >= 4 is 41.2 Å². The first-order valence-electron chi connectivity index (χ1n) is 7.12. The molecule has 128 valence electrons. The van der Waals surface area contributed by atoms with Crippen molar-refractivity contribution in [2.24, 2.45) is 0 Å². The number of urea groups is 1. The monoisotopic (exact) mass is 380 g/mol. The normalized spacial score (nSPS) is 15.2. The summed E-state index contributed by atoms with van der Waals surface area (Å²) in [6, 6.07) is 8.37. The first-order chi connectivity index (χ1) is 11.9. The third-order valence-corrected chi connectivity index (χ3v) is 3.91. The average Bonchev–Trinajstić information content (AvgIpc) is 2.86. The molecule has 1 saturated heterocycles. The van der Waals surface area contributed by atoms with Gasteiger partial charge in [-0.3, -0.25) is 10.1 Å². The van der Waals surface area contributed by atoms with Gasteiger partial charge in [0.05, 0.1) is 10.0 Å². The van der Waals surface area contributed by atoms with Gasteiger partial charge in [-0.25, -0.2) is 9.18 Å². The summed E-state index contributed by atoms with van der Waals surface area (Å²) in [6.45, 7) is 0.165. The van der Waals surface area contributed by atoms with E-state index in [1.54, 1.807) is 24.3 Å². The molecule has 2 aromatic carbocycles. The summed E-state index contributed by atoms with van der Waals surface area (Å²) in [5.41, 5.74) is 1.37. The molecule has 8 heteroatoms. The Labute approximate surface area is 152 Å². The predicted molar refractivity (Wildman–Crippen MR) is 91.8 cm³/mol. The van der Waals surface area contributed by atoms with Gasteiger partial charge < -0.3 is 10.1 Å². The van der Waals surface area contributed by atoms with Crippen molar-refractivity contribution in [1.29, 1.82) is 0 Å². The molecule has 3 amide bonds. The highest BCUT2D eigenvalue weighted by Gasteiger charge is 2.23. The van der Waals surface area contributed by atoms with E-state index in [0.717, 1.165) is 5.56 Å². The molecule has 0 bridgehead atoms. The van der Waals surface area contributed by atoms with E-state index in [1.807, 2.05) is 0 Å². The molecule has 5 nitrogen and oxygen atoms in total. The van der Waals surface area contributed by atoms with Crippen LogP contribution in [0.15, 0.2) is 42.1 Å². The van der Waals surface area contributed by atoms with Crippen LogP contribution in [0.5, 0.6) is 5.75 Å². The van der Waals surface area contributed by atoms with Crippen molar-refractivity contribution in [2.45, 2.75) is 6.61 Å². The van der Waals surface area contributed by atoms with Gasteiger partial charge in [0.25, 0.3) is 5.91 Å². The van der Waals surface area contributed by atoms with E-state index in [9.17, 15) is 14.0 Å². The molecule has 1 aliphatic rings. The number of hydrogen-bond donors (Lipinski definition) is 2. The van der Waals surface area contributed by atoms with Crippen LogP contribution >= 0.6 is 23.2 Å². The fourth-order valence-electron chi connectivity index (χ4n) is 2.19. The van der Waals surface area contributed by atoms with Crippen molar-refractivity contribution in [2.75, 3.05) is 0 Å². The standard InChI is InChI=1S/C17H11Cl2FN2O3/c18-12-5-10(7-14-16(23)22-17(24)21-14)6-13(19)15(12)25-8-9-1-3-11(20)4-2-9/h1-7H,8H2,(H2,21,22,23,24). The number of nitrogens with one attached hydrogen (secondary N) is 2. The Kier molecular flexibility index (Phi) is 4.92. The lowest BCUT2D eigenvalue weighted by Crippen LogP contribution is -2.22. The van der Waals surface area contributed by atoms with Crippen LogP contribution in [0.2, 0.25) is 10.0 Å². The van der Waals surface area contributed by atoms with Gasteiger partial charge in [0.2, 0.25) is 0 Å². The Balaban J connectivity index is 1.78. The summed E-state index contributed by atoms with van der Waals surface area (Å²) < 4.78 is 18.5. The molecule has 0 spiro atoms. The lowest BCUT2D eigenvalue weighted by atomic mass is 10.1. The molecule has 25 heavy (non-hydrogen) atoms. The van der Waals surface area contributed by atoms with Crippen molar-refractivity contribution in [3.05, 3.63) is 69.1 Å². The SMILES string of the molecule is O=C1NC(=O)C(=Cc2cc(Cl)c(OCc3ccc(F)cc3)c(Cl)c2)N1. The highest BCUT2D eigenvalue weighted by Crippen LogP contribution is 2.35. The van der Waals surface area contributed by atoms with Gasteiger partial charge >= 0.3 is 6.03 Å². The minimum Gasteiger partial charge on any atom is -0.486 e. The van der Waals surface area contributed by atoms with Crippen molar-refractivity contribution in [1.82, 2.24) is 10.6 Å². The molecule has 2 N–H and O–H groups in total. The maximum atomic E-state index is 12.9. The Bertz CT molecular complexity index is 859. The van der Waals surface area contributed by atoms with E-state index in [-0.39, 0.29) is 33.9 Å². The van der Waals surface area contributed by atoms with Crippen LogP contribution in [0.4, 0.5) is 9.18 Å². The second-order valence-corrected chi connectivity index (χ2v) is 6.01. The highest BCUT2D eigenvalue weighted by molar-refractivity contribution is 6.37. The second-order valence-electron chi connectivity index (χ2n) is 5.20. The van der Waals surface area contributed by atoms with Gasteiger partial charge in [0.15, 0.2) is 5.75 Å². The summed E-state index contributed by atoms with van der Waals surface area (Å²) in [5.74, 6) is -0.594. The third kappa shape index (κ3) is 4.10. The maximum absolute atomic E-state index is 12.9. The molecule has 0 saturated carbocycles. The number of amides is 3. The largest absolute Gasteiger partial charge is 0.486 e. The van der Waals surface area contributed by atoms with Crippen LogP contribution in [0.3, 0.4) is 0 Å². The van der Waals surface area contributed by atoms with E-state index in [1.165, 1.54) is 18.2 Å². The highest BCUT2D eigenvalue weighted by atomic mass is 35.5. The molecule has 1 heterocycles. The zero-order chi connectivity index (χ0) is 18.0. The molecule has 2 aromatic rings. The zero-order valence-electron chi connectivity index (χ0n) is 12.6. The van der Waals surface area contributed by atoms with E-state index < -0.39 is 11.9 Å². The fourth-order valence-corrected chi connectivity index (χ4v) is 2.80. The lowest BCUT2D eigenvalue weighted by molar-refractivity contribution is -0.115. The van der Waals surface area contributed by atoms with Crippen LogP contribution in [0.25, 0.3) is 6.08 Å². The molecule has 0 aliphatic carbocycles. The number of carbonyl (C=O) groups excluding carboxylic acids is 2. The van der Waals surface area contributed by atoms with Gasteiger partial charge in [0.1, 0.15) is 18.1 Å². The van der Waals surface area contributed by atoms with E-state index in [4.69, 9.17) is 27.9 Å². The topological polar surface area (TPSA) is 67.4 Å². The number of benzene rings is 2. The van der Waals surface area contributed by atoms with E-state index >= 15 is 0 Å². The van der Waals surface area contributed by atoms with Crippen molar-refractivity contribution in [3.8, 4) is 5.75 Å². The number of halogens is 3. The van der Waals surface area contributed by atoms with E-state index in [0.29, 0.717) is 5.56 Å². The first-order valence-corrected chi connectivity index (χ1v) is 7.88. The average molecular weight is 381 g/mol. The maximum Gasteiger partial charge on any atom is 0.326 e. The van der Waals surface area contributed by atoms with Crippen molar-refractivity contribution in [3.63, 3.8) is 0 Å². The summed E-state index contributed by atoms with van der Waals surface area (Å²) in [5, 5.41) is 4.95. The number of imide groups is 1. The van der Waals surface area contributed by atoms with Crippen LogP contribution in [-0.2, 0) is 11.4 Å². The zero-order valence-corrected chi connectivity index (χ0v) is 14.1. The minimum atomic E-state index is -0.590. The molecule has 0 atom stereocenters. The number of carbonyl (C=O) groups is 2. The first kappa shape index (κ1) is 17.3. The van der Waals surface area contributed by atoms with Crippen LogP contribution in [0, 0.1) is 5.82 Å². The Morgan fingerprint density at radius 2 is 1.68 bits per heavy atom. The third-order valence-electron chi connectivity index (χ3n) is 3.35. The lowest BCUT2D eigenvalue weighted by Gasteiger charge is -2.11. The molecule has 3 rings (SSSR count). The van der Waals surface area contributed by atoms with Gasteiger partial charge in [0, 0.05) is 0 Å². The van der Waals surface area contributed by atoms with Gasteiger partial charge in [-0.1, -0.05) is 35.3 Å². The van der Waals surface area contributed by atoms with Gasteiger partial charge in [-0.05, 0) is 41.5 Å². The number of hydrogen-bond acceptors (Lipinski definition) is 3. The molecule has 1 aliphatic heterocycles. The predicted octanol–water partition coefficient (Wildman–Crippen LogP) is 3.89. The molecular weight excluding hydrogens is 370 g/mol. The molecule has 0 aromatic heterocycles. The number of ether oxygens (including phenoxy) is 1. The summed E-state index contributed by atoms with van der Waals surface area (Å²) >= 11 is 12.4. The number of rotatable bonds is 4. The fraction of sp³-hybridized carbons (Fsp3) is 0.0588.